The van der Waals surface area contributed by atoms with Crippen LogP contribution in [0, 0.1) is 0 Å². The van der Waals surface area contributed by atoms with E-state index in [-0.39, 0.29) is 28.3 Å². The first-order chi connectivity index (χ1) is 17.4. The van der Waals surface area contributed by atoms with Gasteiger partial charge in [0.05, 0.1) is 12.0 Å². The van der Waals surface area contributed by atoms with Gasteiger partial charge in [0.15, 0.2) is 11.5 Å². The molecule has 5 rings (SSSR count). The van der Waals surface area contributed by atoms with Crippen molar-refractivity contribution in [3.05, 3.63) is 71.1 Å². The van der Waals surface area contributed by atoms with Gasteiger partial charge in [-0.25, -0.2) is 0 Å². The minimum absolute atomic E-state index is 0.0670. The van der Waals surface area contributed by atoms with Gasteiger partial charge < -0.3 is 8.92 Å². The highest BCUT2D eigenvalue weighted by Crippen LogP contribution is 2.39. The Morgan fingerprint density at radius 3 is 2.53 bits per heavy atom. The molecule has 1 heterocycles. The molecule has 3 aromatic carbocycles. The Kier molecular flexibility index (Phi) is 7.05. The van der Waals surface area contributed by atoms with Crippen molar-refractivity contribution >= 4 is 61.2 Å². The van der Waals surface area contributed by atoms with Crippen molar-refractivity contribution < 1.29 is 22.1 Å². The highest BCUT2D eigenvalue weighted by Gasteiger charge is 2.37. The zero-order valence-electron chi connectivity index (χ0n) is 19.7. The van der Waals surface area contributed by atoms with E-state index in [4.69, 9.17) is 21.1 Å². The monoisotopic (exact) mass is 539 g/mol. The summed E-state index contributed by atoms with van der Waals surface area (Å²) in [5.41, 5.74) is 0.686. The molecule has 2 aliphatic rings. The second-order valence-corrected chi connectivity index (χ2v) is 12.0. The summed E-state index contributed by atoms with van der Waals surface area (Å²) in [4.78, 5) is 15.5. The van der Waals surface area contributed by atoms with Gasteiger partial charge in [-0.2, -0.15) is 8.42 Å². The fraction of sp³-hybridized carbons (Fsp3) is 0.259. The maximum Gasteiger partial charge on any atom is 0.339 e. The van der Waals surface area contributed by atoms with Gasteiger partial charge in [-0.3, -0.25) is 9.69 Å². The molecule has 2 fully saturated rings. The summed E-state index contributed by atoms with van der Waals surface area (Å²) < 4.78 is 37.8. The lowest BCUT2D eigenvalue weighted by atomic mass is 9.94. The zero-order chi connectivity index (χ0) is 25.3. The third kappa shape index (κ3) is 4.87. The number of ether oxygens (including phenoxy) is 1. The van der Waals surface area contributed by atoms with Gasteiger partial charge in [-0.1, -0.05) is 85.7 Å². The number of rotatable bonds is 6. The van der Waals surface area contributed by atoms with Crippen LogP contribution >= 0.6 is 24.0 Å². The lowest BCUT2D eigenvalue weighted by Gasteiger charge is -2.29. The third-order valence-electron chi connectivity index (χ3n) is 6.47. The Morgan fingerprint density at radius 2 is 1.75 bits per heavy atom. The number of amides is 1. The molecule has 36 heavy (non-hydrogen) atoms. The van der Waals surface area contributed by atoms with Gasteiger partial charge >= 0.3 is 10.1 Å². The molecule has 1 saturated carbocycles. The van der Waals surface area contributed by atoms with Crippen LogP contribution in [0.2, 0.25) is 0 Å². The molecule has 0 aromatic heterocycles. The number of fused-ring (bicyclic) bond motifs is 1. The van der Waals surface area contributed by atoms with Crippen LogP contribution in [0.4, 0.5) is 0 Å². The maximum atomic E-state index is 13.2. The van der Waals surface area contributed by atoms with Crippen LogP contribution in [0.15, 0.2) is 70.5 Å². The largest absolute Gasteiger partial charge is 0.493 e. The normalized spacial score (nSPS) is 18.2. The van der Waals surface area contributed by atoms with E-state index in [1.165, 1.54) is 37.4 Å². The van der Waals surface area contributed by atoms with Crippen molar-refractivity contribution in [1.29, 1.82) is 0 Å². The van der Waals surface area contributed by atoms with Crippen molar-refractivity contribution in [3.8, 4) is 11.5 Å². The van der Waals surface area contributed by atoms with Crippen LogP contribution in [-0.2, 0) is 14.9 Å². The molecule has 1 aliphatic carbocycles. The molecule has 1 aliphatic heterocycles. The molecule has 9 heteroatoms. The number of nitrogens with zero attached hydrogens (tertiary/aromatic N) is 1. The maximum absolute atomic E-state index is 13.2. The first kappa shape index (κ1) is 24.8. The number of methoxy groups -OCH3 is 1. The topological polar surface area (TPSA) is 72.9 Å². The fourth-order valence-electron chi connectivity index (χ4n) is 4.70. The van der Waals surface area contributed by atoms with Crippen molar-refractivity contribution in [2.24, 2.45) is 0 Å². The lowest BCUT2D eigenvalue weighted by Crippen LogP contribution is -2.39. The first-order valence-electron chi connectivity index (χ1n) is 11.7. The second-order valence-electron chi connectivity index (χ2n) is 8.77. The van der Waals surface area contributed by atoms with E-state index < -0.39 is 10.1 Å². The lowest BCUT2D eigenvalue weighted by molar-refractivity contribution is -0.124. The molecule has 0 atom stereocenters. The molecule has 0 unspecified atom stereocenters. The van der Waals surface area contributed by atoms with Gasteiger partial charge in [-0.15, -0.1) is 0 Å². The zero-order valence-corrected chi connectivity index (χ0v) is 22.1. The Morgan fingerprint density at radius 1 is 1.00 bits per heavy atom. The minimum atomic E-state index is -4.12. The highest BCUT2D eigenvalue weighted by molar-refractivity contribution is 8.26. The third-order valence-corrected chi connectivity index (χ3v) is 9.09. The quantitative estimate of drug-likeness (QED) is 0.211. The van der Waals surface area contributed by atoms with E-state index >= 15 is 0 Å². The standard InChI is InChI=1S/C27H25NO5S3/c1-32-23-16-18(17-24-26(29)28(27(34)35-24)20-10-3-2-4-11-20)14-15-22(23)33-36(30,31)25-13-7-9-19-8-5-6-12-21(19)25/h5-9,12-17,20H,2-4,10-11H2,1H3/b24-17+. The van der Waals surface area contributed by atoms with Gasteiger partial charge in [0.2, 0.25) is 0 Å². The van der Waals surface area contributed by atoms with E-state index in [0.717, 1.165) is 31.1 Å². The molecule has 186 valence electrons. The number of carbonyl (C=O) groups is 1. The number of thioether (sulfide) groups is 1. The van der Waals surface area contributed by atoms with Gasteiger partial charge in [0.1, 0.15) is 9.22 Å². The predicted octanol–water partition coefficient (Wildman–Crippen LogP) is 6.15. The Labute approximate surface area is 220 Å². The van der Waals surface area contributed by atoms with Crippen LogP contribution in [0.5, 0.6) is 11.5 Å². The molecular formula is C27H25NO5S3. The van der Waals surface area contributed by atoms with E-state index in [2.05, 4.69) is 0 Å². The highest BCUT2D eigenvalue weighted by atomic mass is 32.2. The van der Waals surface area contributed by atoms with E-state index in [1.807, 2.05) is 18.2 Å². The number of hydrogen-bond donors (Lipinski definition) is 0. The van der Waals surface area contributed by atoms with Gasteiger partial charge in [0.25, 0.3) is 5.91 Å². The summed E-state index contributed by atoms with van der Waals surface area (Å²) in [5, 5.41) is 1.38. The van der Waals surface area contributed by atoms with E-state index in [1.54, 1.807) is 41.3 Å². The van der Waals surface area contributed by atoms with Crippen LogP contribution in [0.3, 0.4) is 0 Å². The molecule has 6 nitrogen and oxygen atoms in total. The number of carbonyl (C=O) groups excluding carboxylic acids is 1. The summed E-state index contributed by atoms with van der Waals surface area (Å²) in [6, 6.07) is 17.3. The van der Waals surface area contributed by atoms with E-state index in [9.17, 15) is 13.2 Å². The summed E-state index contributed by atoms with van der Waals surface area (Å²) in [7, 11) is -2.68. The summed E-state index contributed by atoms with van der Waals surface area (Å²) >= 11 is 6.81. The Hall–Kier alpha value is -2.88. The molecule has 0 radical (unpaired) electrons. The summed E-state index contributed by atoms with van der Waals surface area (Å²) in [5.74, 6) is 0.238. The van der Waals surface area contributed by atoms with Crippen molar-refractivity contribution in [3.63, 3.8) is 0 Å². The molecule has 3 aromatic rings. The van der Waals surface area contributed by atoms with Crippen LogP contribution in [0.25, 0.3) is 16.8 Å². The van der Waals surface area contributed by atoms with Crippen LogP contribution in [-0.4, -0.2) is 36.7 Å². The molecule has 1 amide bonds. The van der Waals surface area contributed by atoms with Gasteiger partial charge in [-0.05, 0) is 48.1 Å². The second kappa shape index (κ2) is 10.2. The molecule has 0 bridgehead atoms. The first-order valence-corrected chi connectivity index (χ1v) is 14.4. The smallest absolute Gasteiger partial charge is 0.339 e. The van der Waals surface area contributed by atoms with E-state index in [0.29, 0.717) is 20.2 Å². The molecule has 0 spiro atoms. The predicted molar refractivity (Wildman–Crippen MR) is 147 cm³/mol. The number of benzene rings is 3. The van der Waals surface area contributed by atoms with Crippen molar-refractivity contribution in [2.75, 3.05) is 7.11 Å². The fourth-order valence-corrected chi connectivity index (χ4v) is 7.27. The molecule has 1 saturated heterocycles. The van der Waals surface area contributed by atoms with Crippen molar-refractivity contribution in [1.82, 2.24) is 4.90 Å². The molecular weight excluding hydrogens is 515 g/mol. The van der Waals surface area contributed by atoms with Crippen molar-refractivity contribution in [2.45, 2.75) is 43.0 Å². The summed E-state index contributed by atoms with van der Waals surface area (Å²) in [6.45, 7) is 0. The van der Waals surface area contributed by atoms with Crippen LogP contribution < -0.4 is 8.92 Å². The Balaban J connectivity index is 1.40. The summed E-state index contributed by atoms with van der Waals surface area (Å²) in [6.07, 6.45) is 7.14. The number of thiocarbonyl (C=S) groups is 1. The van der Waals surface area contributed by atoms with Gasteiger partial charge in [0, 0.05) is 11.4 Å². The number of hydrogen-bond acceptors (Lipinski definition) is 7. The van der Waals surface area contributed by atoms with Crippen LogP contribution in [0.1, 0.15) is 37.7 Å². The average Bonchev–Trinajstić information content (AvgIpc) is 3.17. The Bertz CT molecular complexity index is 1470. The molecule has 0 N–H and O–H groups in total. The average molecular weight is 540 g/mol. The minimum Gasteiger partial charge on any atom is -0.493 e. The SMILES string of the molecule is COc1cc(/C=C2/SC(=S)N(C3CCCCC3)C2=O)ccc1OS(=O)(=O)c1cccc2ccccc12.